The van der Waals surface area contributed by atoms with E-state index in [2.05, 4.69) is 15.0 Å². The minimum Gasteiger partial charge on any atom is -0.504 e. The van der Waals surface area contributed by atoms with Gasteiger partial charge in [0.15, 0.2) is 5.82 Å². The van der Waals surface area contributed by atoms with Gasteiger partial charge >= 0.3 is 0 Å². The summed E-state index contributed by atoms with van der Waals surface area (Å²) in [4.78, 5) is 8.58. The van der Waals surface area contributed by atoms with Crippen molar-refractivity contribution in [2.75, 3.05) is 27.7 Å². The van der Waals surface area contributed by atoms with Gasteiger partial charge in [-0.05, 0) is 45.3 Å². The molecule has 0 atom stereocenters. The van der Waals surface area contributed by atoms with E-state index in [0.717, 1.165) is 33.2 Å². The van der Waals surface area contributed by atoms with Crippen LogP contribution in [0.3, 0.4) is 0 Å². The van der Waals surface area contributed by atoms with E-state index < -0.39 is 0 Å². The van der Waals surface area contributed by atoms with E-state index >= 15 is 0 Å². The lowest BCUT2D eigenvalue weighted by Gasteiger charge is -2.12. The number of hydrogen-bond donors (Lipinski definition) is 0. The molecule has 2 aromatic heterocycles. The molecule has 2 heterocycles. The van der Waals surface area contributed by atoms with Crippen molar-refractivity contribution < 1.29 is 9.13 Å². The fourth-order valence-corrected chi connectivity index (χ4v) is 3.57. The summed E-state index contributed by atoms with van der Waals surface area (Å²) < 4.78 is 20.1. The number of halogens is 1. The van der Waals surface area contributed by atoms with Gasteiger partial charge in [0.1, 0.15) is 5.82 Å². The maximum absolute atomic E-state index is 13.1. The van der Waals surface area contributed by atoms with Crippen LogP contribution in [-0.2, 0) is 4.74 Å². The molecule has 7 heteroatoms. The van der Waals surface area contributed by atoms with Crippen molar-refractivity contribution in [2.24, 2.45) is 0 Å². The molecular weight excluding hydrogens is 327 g/mol. The predicted octanol–water partition coefficient (Wildman–Crippen LogP) is 3.45. The van der Waals surface area contributed by atoms with Crippen LogP contribution < -0.4 is 0 Å². The number of ether oxygens (including phenoxy) is 1. The standard InChI is InChI=1S/C17H19FN4OS/c1-11-15(13(10-23-4)9-21(2)3)24-17-19-16(20-22(11)17)12-5-7-14(18)8-6-12/h5-8,10H,9H2,1-4H3. The number of nitrogens with zero attached hydrogens (tertiary/aromatic N) is 4. The molecule has 0 unspecified atom stereocenters. The summed E-state index contributed by atoms with van der Waals surface area (Å²) in [5, 5.41) is 4.57. The van der Waals surface area contributed by atoms with Gasteiger partial charge in [-0.15, -0.1) is 5.10 Å². The maximum atomic E-state index is 13.1. The van der Waals surface area contributed by atoms with Gasteiger partial charge in [0.05, 0.1) is 23.9 Å². The van der Waals surface area contributed by atoms with Crippen LogP contribution >= 0.6 is 11.3 Å². The van der Waals surface area contributed by atoms with Gasteiger partial charge in [-0.3, -0.25) is 0 Å². The molecule has 0 fully saturated rings. The number of aryl methyl sites for hydroxylation is 1. The lowest BCUT2D eigenvalue weighted by Crippen LogP contribution is -2.14. The Balaban J connectivity index is 2.02. The van der Waals surface area contributed by atoms with Crippen molar-refractivity contribution in [1.29, 1.82) is 0 Å². The molecular formula is C17H19FN4OS. The van der Waals surface area contributed by atoms with E-state index in [4.69, 9.17) is 4.74 Å². The number of fused-ring (bicyclic) bond motifs is 1. The summed E-state index contributed by atoms with van der Waals surface area (Å²) >= 11 is 1.57. The number of benzene rings is 1. The van der Waals surface area contributed by atoms with Gasteiger partial charge in [0, 0.05) is 17.7 Å². The number of thiazole rings is 1. The molecule has 0 saturated heterocycles. The zero-order chi connectivity index (χ0) is 17.3. The highest BCUT2D eigenvalue weighted by Gasteiger charge is 2.17. The van der Waals surface area contributed by atoms with Gasteiger partial charge in [-0.25, -0.2) is 8.91 Å². The molecule has 5 nitrogen and oxygen atoms in total. The van der Waals surface area contributed by atoms with Crippen LogP contribution in [0.5, 0.6) is 0 Å². The molecule has 1 aromatic carbocycles. The summed E-state index contributed by atoms with van der Waals surface area (Å²) in [6.45, 7) is 2.78. The zero-order valence-electron chi connectivity index (χ0n) is 14.1. The van der Waals surface area contributed by atoms with Gasteiger partial charge < -0.3 is 9.64 Å². The largest absolute Gasteiger partial charge is 0.504 e. The topological polar surface area (TPSA) is 42.7 Å². The van der Waals surface area contributed by atoms with Gasteiger partial charge in [0.2, 0.25) is 4.96 Å². The summed E-state index contributed by atoms with van der Waals surface area (Å²) in [5.41, 5.74) is 2.90. The summed E-state index contributed by atoms with van der Waals surface area (Å²) in [5.74, 6) is 0.331. The Morgan fingerprint density at radius 2 is 2.04 bits per heavy atom. The summed E-state index contributed by atoms with van der Waals surface area (Å²) in [6.07, 6.45) is 1.76. The van der Waals surface area contributed by atoms with Crippen LogP contribution in [0.15, 0.2) is 30.5 Å². The SMILES string of the molecule is COC=C(CN(C)C)c1sc2nc(-c3ccc(F)cc3)nn2c1C. The van der Waals surface area contributed by atoms with Crippen LogP contribution in [0, 0.1) is 12.7 Å². The number of hydrogen-bond acceptors (Lipinski definition) is 5. The highest BCUT2D eigenvalue weighted by Crippen LogP contribution is 2.30. The first-order valence-corrected chi connectivity index (χ1v) is 8.30. The second kappa shape index (κ2) is 6.70. The first-order chi connectivity index (χ1) is 11.5. The van der Waals surface area contributed by atoms with Crippen molar-refractivity contribution in [3.05, 3.63) is 46.9 Å². The van der Waals surface area contributed by atoms with Crippen LogP contribution in [0.1, 0.15) is 10.6 Å². The Bertz CT molecular complexity index is 880. The quantitative estimate of drug-likeness (QED) is 0.664. The van der Waals surface area contributed by atoms with E-state index in [9.17, 15) is 4.39 Å². The maximum Gasteiger partial charge on any atom is 0.213 e. The first kappa shape index (κ1) is 16.6. The van der Waals surface area contributed by atoms with Crippen LogP contribution in [0.25, 0.3) is 21.9 Å². The van der Waals surface area contributed by atoms with E-state index in [-0.39, 0.29) is 5.82 Å². The highest BCUT2D eigenvalue weighted by atomic mass is 32.1. The third-order valence-electron chi connectivity index (χ3n) is 3.56. The van der Waals surface area contributed by atoms with E-state index in [0.29, 0.717) is 5.82 Å². The molecule has 0 bridgehead atoms. The van der Waals surface area contributed by atoms with E-state index in [1.165, 1.54) is 12.1 Å². The Labute approximate surface area is 144 Å². The normalized spacial score (nSPS) is 12.3. The number of aromatic nitrogens is 3. The van der Waals surface area contributed by atoms with E-state index in [1.807, 2.05) is 25.5 Å². The lowest BCUT2D eigenvalue weighted by molar-refractivity contribution is 0.336. The molecule has 24 heavy (non-hydrogen) atoms. The molecule has 0 N–H and O–H groups in total. The second-order valence-corrected chi connectivity index (χ2v) is 6.75. The van der Waals surface area contributed by atoms with Crippen LogP contribution in [0.4, 0.5) is 4.39 Å². The number of rotatable bonds is 5. The van der Waals surface area contributed by atoms with Crippen molar-refractivity contribution in [3.63, 3.8) is 0 Å². The Hall–Kier alpha value is -2.25. The summed E-state index contributed by atoms with van der Waals surface area (Å²) in [6, 6.07) is 6.21. The minimum atomic E-state index is -0.267. The molecule has 0 aliphatic heterocycles. The fraction of sp³-hybridized carbons (Fsp3) is 0.294. The Kier molecular flexibility index (Phi) is 4.64. The average Bonchev–Trinajstić information content (AvgIpc) is 3.07. The Morgan fingerprint density at radius 3 is 2.62 bits per heavy atom. The first-order valence-electron chi connectivity index (χ1n) is 7.48. The number of methoxy groups -OCH3 is 1. The fourth-order valence-electron chi connectivity index (χ4n) is 2.51. The molecule has 3 rings (SSSR count). The monoisotopic (exact) mass is 346 g/mol. The molecule has 0 aliphatic rings. The molecule has 0 aliphatic carbocycles. The smallest absolute Gasteiger partial charge is 0.213 e. The van der Waals surface area contributed by atoms with Crippen molar-refractivity contribution in [2.45, 2.75) is 6.92 Å². The van der Waals surface area contributed by atoms with Gasteiger partial charge in [-0.1, -0.05) is 11.3 Å². The third-order valence-corrected chi connectivity index (χ3v) is 4.77. The van der Waals surface area contributed by atoms with Gasteiger partial charge in [-0.2, -0.15) is 4.98 Å². The molecule has 0 amide bonds. The van der Waals surface area contributed by atoms with Crippen molar-refractivity contribution in [1.82, 2.24) is 19.5 Å². The predicted molar refractivity (Wildman–Crippen MR) is 94.5 cm³/mol. The molecule has 0 radical (unpaired) electrons. The molecule has 126 valence electrons. The average molecular weight is 346 g/mol. The highest BCUT2D eigenvalue weighted by molar-refractivity contribution is 7.18. The van der Waals surface area contributed by atoms with Crippen molar-refractivity contribution in [3.8, 4) is 11.4 Å². The van der Waals surface area contributed by atoms with Crippen LogP contribution in [0.2, 0.25) is 0 Å². The minimum absolute atomic E-state index is 0.267. The summed E-state index contributed by atoms with van der Waals surface area (Å²) in [7, 11) is 5.68. The zero-order valence-corrected chi connectivity index (χ0v) is 14.9. The van der Waals surface area contributed by atoms with E-state index in [1.54, 1.807) is 36.8 Å². The number of likely N-dealkylation sites (N-methyl/N-ethyl adjacent to an activating group) is 1. The lowest BCUT2D eigenvalue weighted by atomic mass is 10.2. The van der Waals surface area contributed by atoms with Crippen molar-refractivity contribution >= 4 is 21.9 Å². The molecule has 3 aromatic rings. The van der Waals surface area contributed by atoms with Crippen LogP contribution in [-0.4, -0.2) is 47.2 Å². The molecule has 0 spiro atoms. The third kappa shape index (κ3) is 3.18. The molecule has 0 saturated carbocycles. The second-order valence-electron chi connectivity index (χ2n) is 5.77. The Morgan fingerprint density at radius 1 is 1.33 bits per heavy atom. The van der Waals surface area contributed by atoms with Gasteiger partial charge in [0.25, 0.3) is 0 Å².